The Kier molecular flexibility index (Phi) is 3.84. The van der Waals surface area contributed by atoms with Crippen LogP contribution in [0.15, 0.2) is 4.79 Å². The van der Waals surface area contributed by atoms with Gasteiger partial charge in [0.15, 0.2) is 0 Å². The Labute approximate surface area is 82.3 Å². The van der Waals surface area contributed by atoms with Crippen LogP contribution in [0, 0.1) is 0 Å². The van der Waals surface area contributed by atoms with Gasteiger partial charge in [-0.2, -0.15) is 5.10 Å². The summed E-state index contributed by atoms with van der Waals surface area (Å²) in [7, 11) is 1.66. The second kappa shape index (κ2) is 4.92. The molecule has 80 valence electrons. The Hall–Kier alpha value is -1.14. The quantitative estimate of drug-likeness (QED) is 0.542. The molecule has 1 rings (SSSR count). The maximum absolute atomic E-state index is 11.0. The summed E-state index contributed by atoms with van der Waals surface area (Å²) in [6.07, 6.45) is 2.71. The maximum atomic E-state index is 11.0. The number of aromatic amines is 1. The molecule has 1 aromatic rings. The molecule has 0 radical (unpaired) electrons. The second-order valence-electron chi connectivity index (χ2n) is 3.34. The van der Waals surface area contributed by atoms with Crippen molar-refractivity contribution in [2.75, 3.05) is 6.54 Å². The van der Waals surface area contributed by atoms with Crippen LogP contribution >= 0.6 is 0 Å². The third-order valence-electron chi connectivity index (χ3n) is 2.22. The van der Waals surface area contributed by atoms with Gasteiger partial charge in [-0.3, -0.25) is 4.57 Å². The average molecular weight is 199 g/mol. The predicted octanol–water partition coefficient (Wildman–Crippen LogP) is -0.763. The van der Waals surface area contributed by atoms with Crippen molar-refractivity contribution in [1.82, 2.24) is 14.8 Å². The highest BCUT2D eigenvalue weighted by Crippen LogP contribution is 2.11. The van der Waals surface area contributed by atoms with E-state index < -0.39 is 0 Å². The van der Waals surface area contributed by atoms with Crippen LogP contribution in [-0.2, 0) is 7.05 Å². The first-order valence-corrected chi connectivity index (χ1v) is 4.73. The van der Waals surface area contributed by atoms with Crippen molar-refractivity contribution in [3.05, 3.63) is 16.3 Å². The first-order chi connectivity index (χ1) is 6.66. The van der Waals surface area contributed by atoms with Crippen LogP contribution in [0.2, 0.25) is 0 Å². The van der Waals surface area contributed by atoms with Gasteiger partial charge >= 0.3 is 5.69 Å². The number of nitrogens with one attached hydrogen (secondary N) is 1. The van der Waals surface area contributed by atoms with E-state index in [2.05, 4.69) is 10.2 Å². The summed E-state index contributed by atoms with van der Waals surface area (Å²) in [6.45, 7) is 0.673. The summed E-state index contributed by atoms with van der Waals surface area (Å²) in [5.41, 5.74) is 11.0. The van der Waals surface area contributed by atoms with E-state index in [1.165, 1.54) is 4.57 Å². The summed E-state index contributed by atoms with van der Waals surface area (Å²) in [4.78, 5) is 11.0. The molecule has 6 nitrogen and oxygen atoms in total. The molecular formula is C8H17N5O. The first kappa shape index (κ1) is 10.9. The molecule has 1 atom stereocenters. The smallest absolute Gasteiger partial charge is 0.330 e. The lowest BCUT2D eigenvalue weighted by Gasteiger charge is -2.09. The van der Waals surface area contributed by atoms with E-state index >= 15 is 0 Å². The van der Waals surface area contributed by atoms with Gasteiger partial charge in [0.2, 0.25) is 0 Å². The van der Waals surface area contributed by atoms with Gasteiger partial charge in [0.1, 0.15) is 5.82 Å². The van der Waals surface area contributed by atoms with Crippen molar-refractivity contribution in [2.45, 2.75) is 25.3 Å². The fourth-order valence-electron chi connectivity index (χ4n) is 1.33. The van der Waals surface area contributed by atoms with Crippen molar-refractivity contribution in [2.24, 2.45) is 18.5 Å². The molecule has 1 aromatic heterocycles. The van der Waals surface area contributed by atoms with E-state index in [1.54, 1.807) is 7.05 Å². The predicted molar refractivity (Wildman–Crippen MR) is 53.7 cm³/mol. The summed E-state index contributed by atoms with van der Waals surface area (Å²) in [5.74, 6) is 0.604. The van der Waals surface area contributed by atoms with Crippen molar-refractivity contribution >= 4 is 0 Å². The normalized spacial score (nSPS) is 13.1. The van der Waals surface area contributed by atoms with E-state index in [-0.39, 0.29) is 11.7 Å². The van der Waals surface area contributed by atoms with Crippen LogP contribution in [0.4, 0.5) is 0 Å². The number of aromatic nitrogens is 3. The Morgan fingerprint density at radius 1 is 1.57 bits per heavy atom. The molecule has 6 heteroatoms. The zero-order chi connectivity index (χ0) is 10.6. The summed E-state index contributed by atoms with van der Waals surface area (Å²) < 4.78 is 1.44. The zero-order valence-electron chi connectivity index (χ0n) is 8.36. The van der Waals surface area contributed by atoms with E-state index in [0.29, 0.717) is 12.4 Å². The zero-order valence-corrected chi connectivity index (χ0v) is 8.36. The van der Waals surface area contributed by atoms with Crippen LogP contribution < -0.4 is 17.2 Å². The molecule has 0 aliphatic rings. The largest absolute Gasteiger partial charge is 0.343 e. The number of H-pyrrole nitrogens is 1. The molecular weight excluding hydrogens is 182 g/mol. The molecule has 0 amide bonds. The number of hydrogen-bond donors (Lipinski definition) is 3. The lowest BCUT2D eigenvalue weighted by atomic mass is 10.1. The highest BCUT2D eigenvalue weighted by Gasteiger charge is 2.12. The molecule has 1 heterocycles. The van der Waals surface area contributed by atoms with Crippen molar-refractivity contribution in [3.63, 3.8) is 0 Å². The van der Waals surface area contributed by atoms with Gasteiger partial charge in [-0.05, 0) is 19.4 Å². The number of unbranched alkanes of at least 4 members (excludes halogenated alkanes) is 1. The Bertz CT molecular complexity index is 329. The van der Waals surface area contributed by atoms with Gasteiger partial charge in [0.25, 0.3) is 0 Å². The molecule has 14 heavy (non-hydrogen) atoms. The van der Waals surface area contributed by atoms with Gasteiger partial charge in [0, 0.05) is 7.05 Å². The van der Waals surface area contributed by atoms with Crippen LogP contribution in [0.1, 0.15) is 31.1 Å². The van der Waals surface area contributed by atoms with Gasteiger partial charge in [-0.15, -0.1) is 0 Å². The summed E-state index contributed by atoms with van der Waals surface area (Å²) in [5, 5.41) is 6.22. The SMILES string of the molecule is Cn1c(C(N)CCCCN)n[nH]c1=O. The summed E-state index contributed by atoms with van der Waals surface area (Å²) >= 11 is 0. The molecule has 0 bridgehead atoms. The second-order valence-corrected chi connectivity index (χ2v) is 3.34. The molecule has 0 spiro atoms. The summed E-state index contributed by atoms with van der Waals surface area (Å²) in [6, 6.07) is -0.189. The minimum absolute atomic E-state index is 0.189. The van der Waals surface area contributed by atoms with Crippen LogP contribution in [-0.4, -0.2) is 21.3 Å². The maximum Gasteiger partial charge on any atom is 0.343 e. The fraction of sp³-hybridized carbons (Fsp3) is 0.750. The van der Waals surface area contributed by atoms with Crippen molar-refractivity contribution in [3.8, 4) is 0 Å². The molecule has 1 unspecified atom stereocenters. The number of rotatable bonds is 5. The molecule has 0 saturated carbocycles. The molecule has 0 aliphatic heterocycles. The first-order valence-electron chi connectivity index (χ1n) is 4.73. The topological polar surface area (TPSA) is 103 Å². The van der Waals surface area contributed by atoms with E-state index in [1.807, 2.05) is 0 Å². The number of nitrogens with zero attached hydrogens (tertiary/aromatic N) is 2. The van der Waals surface area contributed by atoms with Crippen LogP contribution in [0.25, 0.3) is 0 Å². The molecule has 0 saturated heterocycles. The highest BCUT2D eigenvalue weighted by atomic mass is 16.1. The Morgan fingerprint density at radius 3 is 2.79 bits per heavy atom. The molecule has 0 aromatic carbocycles. The standard InChI is InChI=1S/C8H17N5O/c1-13-7(11-12-8(13)14)6(10)4-2-3-5-9/h6H,2-5,9-10H2,1H3,(H,12,14). The third-order valence-corrected chi connectivity index (χ3v) is 2.22. The van der Waals surface area contributed by atoms with Gasteiger partial charge < -0.3 is 11.5 Å². The van der Waals surface area contributed by atoms with E-state index in [4.69, 9.17) is 11.5 Å². The fourth-order valence-corrected chi connectivity index (χ4v) is 1.33. The number of nitrogens with two attached hydrogens (primary N) is 2. The number of hydrogen-bond acceptors (Lipinski definition) is 4. The van der Waals surface area contributed by atoms with Crippen molar-refractivity contribution in [1.29, 1.82) is 0 Å². The molecule has 0 aliphatic carbocycles. The molecule has 0 fully saturated rings. The Balaban J connectivity index is 2.56. The van der Waals surface area contributed by atoms with Gasteiger partial charge in [-0.1, -0.05) is 6.42 Å². The van der Waals surface area contributed by atoms with E-state index in [9.17, 15) is 4.79 Å². The highest BCUT2D eigenvalue weighted by molar-refractivity contribution is 4.92. The third kappa shape index (κ3) is 2.43. The monoisotopic (exact) mass is 199 g/mol. The lowest BCUT2D eigenvalue weighted by Crippen LogP contribution is -2.20. The Morgan fingerprint density at radius 2 is 2.29 bits per heavy atom. The molecule has 5 N–H and O–H groups in total. The average Bonchev–Trinajstić information content (AvgIpc) is 2.48. The van der Waals surface area contributed by atoms with E-state index in [0.717, 1.165) is 19.3 Å². The van der Waals surface area contributed by atoms with Crippen LogP contribution in [0.5, 0.6) is 0 Å². The lowest BCUT2D eigenvalue weighted by molar-refractivity contribution is 0.546. The van der Waals surface area contributed by atoms with Crippen molar-refractivity contribution < 1.29 is 0 Å². The minimum atomic E-state index is -0.228. The van der Waals surface area contributed by atoms with Crippen LogP contribution in [0.3, 0.4) is 0 Å². The minimum Gasteiger partial charge on any atom is -0.330 e. The van der Waals surface area contributed by atoms with Gasteiger partial charge in [-0.25, -0.2) is 9.89 Å². The van der Waals surface area contributed by atoms with Gasteiger partial charge in [0.05, 0.1) is 6.04 Å².